The molecule has 7 heteroatoms. The van der Waals surface area contributed by atoms with Crippen LogP contribution in [0.2, 0.25) is 0 Å². The van der Waals surface area contributed by atoms with Crippen LogP contribution in [-0.2, 0) is 19.1 Å². The summed E-state index contributed by atoms with van der Waals surface area (Å²) in [5.74, 6) is -0.808. The second-order valence-electron chi connectivity index (χ2n) is 7.03. The normalized spacial score (nSPS) is 13.1. The molecule has 6 nitrogen and oxygen atoms in total. The van der Waals surface area contributed by atoms with E-state index in [0.29, 0.717) is 12.2 Å². The smallest absolute Gasteiger partial charge is 0.326 e. The molecular weight excluding hydrogens is 412 g/mol. The van der Waals surface area contributed by atoms with E-state index < -0.39 is 5.97 Å². The van der Waals surface area contributed by atoms with Gasteiger partial charge in [0, 0.05) is 16.8 Å². The molecule has 0 bridgehead atoms. The minimum absolute atomic E-state index is 0.155. The highest BCUT2D eigenvalue weighted by atomic mass is 32.2. The van der Waals surface area contributed by atoms with Gasteiger partial charge in [-0.1, -0.05) is 48.5 Å². The molecule has 0 unspecified atom stereocenters. The molecule has 0 radical (unpaired) electrons. The number of nitrogens with zero attached hydrogens (tertiary/aromatic N) is 2. The fourth-order valence-electron chi connectivity index (χ4n) is 3.65. The van der Waals surface area contributed by atoms with Crippen LogP contribution in [0, 0.1) is 0 Å². The van der Waals surface area contributed by atoms with Crippen molar-refractivity contribution in [3.05, 3.63) is 66.7 Å². The van der Waals surface area contributed by atoms with Crippen molar-refractivity contribution in [1.82, 2.24) is 0 Å². The maximum Gasteiger partial charge on any atom is 0.326 e. The van der Waals surface area contributed by atoms with Crippen molar-refractivity contribution in [3.63, 3.8) is 0 Å². The molecule has 0 N–H and O–H groups in total. The number of carbonyl (C=O) groups is 3. The Labute approximate surface area is 184 Å². The maximum absolute atomic E-state index is 12.8. The highest BCUT2D eigenvalue weighted by Gasteiger charge is 2.27. The lowest BCUT2D eigenvalue weighted by Gasteiger charge is -2.28. The summed E-state index contributed by atoms with van der Waals surface area (Å²) >= 11 is 1.45. The quantitative estimate of drug-likeness (QED) is 0.551. The summed E-state index contributed by atoms with van der Waals surface area (Å²) in [7, 11) is 0. The number of amides is 2. The van der Waals surface area contributed by atoms with E-state index in [4.69, 9.17) is 4.74 Å². The first kappa shape index (κ1) is 20.9. The van der Waals surface area contributed by atoms with Crippen molar-refractivity contribution in [2.45, 2.75) is 11.8 Å². The summed E-state index contributed by atoms with van der Waals surface area (Å²) in [5.41, 5.74) is 1.47. The summed E-state index contributed by atoms with van der Waals surface area (Å²) < 4.78 is 5.26. The van der Waals surface area contributed by atoms with E-state index >= 15 is 0 Å². The third kappa shape index (κ3) is 4.41. The van der Waals surface area contributed by atoms with E-state index in [1.165, 1.54) is 16.7 Å². The molecule has 2 amide bonds. The monoisotopic (exact) mass is 434 g/mol. The molecule has 1 aliphatic rings. The number of esters is 1. The van der Waals surface area contributed by atoms with Crippen molar-refractivity contribution in [1.29, 1.82) is 0 Å². The van der Waals surface area contributed by atoms with Crippen molar-refractivity contribution in [3.8, 4) is 0 Å². The minimum Gasteiger partial charge on any atom is -0.454 e. The summed E-state index contributed by atoms with van der Waals surface area (Å²) in [6, 6.07) is 21.0. The molecule has 3 aromatic rings. The maximum atomic E-state index is 12.8. The number of hydrogen-bond donors (Lipinski definition) is 0. The first-order chi connectivity index (χ1) is 15.1. The fourth-order valence-corrected chi connectivity index (χ4v) is 4.58. The predicted octanol–water partition coefficient (Wildman–Crippen LogP) is 3.87. The van der Waals surface area contributed by atoms with Gasteiger partial charge in [-0.05, 0) is 30.5 Å². The van der Waals surface area contributed by atoms with Gasteiger partial charge < -0.3 is 9.64 Å². The number of thioether (sulfide) groups is 1. The minimum atomic E-state index is -0.614. The van der Waals surface area contributed by atoms with E-state index in [9.17, 15) is 14.4 Å². The lowest BCUT2D eigenvalue weighted by Crippen LogP contribution is -2.41. The summed E-state index contributed by atoms with van der Waals surface area (Å²) in [6.07, 6.45) is 0. The van der Waals surface area contributed by atoms with Crippen molar-refractivity contribution < 1.29 is 19.1 Å². The number of benzene rings is 3. The Morgan fingerprint density at radius 3 is 2.61 bits per heavy atom. The average molecular weight is 435 g/mol. The third-order valence-electron chi connectivity index (χ3n) is 5.13. The summed E-state index contributed by atoms with van der Waals surface area (Å²) in [6.45, 7) is 1.72. The van der Waals surface area contributed by atoms with E-state index in [1.54, 1.807) is 11.0 Å². The number of rotatable bonds is 6. The van der Waals surface area contributed by atoms with Crippen LogP contribution in [0.5, 0.6) is 0 Å². The van der Waals surface area contributed by atoms with Crippen LogP contribution in [0.3, 0.4) is 0 Å². The molecule has 0 saturated heterocycles. The van der Waals surface area contributed by atoms with Crippen LogP contribution in [0.1, 0.15) is 6.92 Å². The lowest BCUT2D eigenvalue weighted by molar-refractivity contribution is -0.146. The lowest BCUT2D eigenvalue weighted by atomic mass is 10.1. The number of carbonyl (C=O) groups excluding carboxylic acids is 3. The largest absolute Gasteiger partial charge is 0.454 e. The third-order valence-corrected chi connectivity index (χ3v) is 6.17. The number of anilines is 2. The van der Waals surface area contributed by atoms with Crippen LogP contribution in [0.4, 0.5) is 11.4 Å². The van der Waals surface area contributed by atoms with Crippen molar-refractivity contribution in [2.75, 3.05) is 35.2 Å². The number of hydrogen-bond acceptors (Lipinski definition) is 5. The Kier molecular flexibility index (Phi) is 6.23. The van der Waals surface area contributed by atoms with Gasteiger partial charge in [-0.15, -0.1) is 11.8 Å². The van der Waals surface area contributed by atoms with Crippen LogP contribution in [0.15, 0.2) is 71.6 Å². The molecule has 31 heavy (non-hydrogen) atoms. The van der Waals surface area contributed by atoms with Crippen LogP contribution in [-0.4, -0.2) is 43.2 Å². The molecular formula is C24H22N2O4S. The molecule has 0 aromatic heterocycles. The Hall–Kier alpha value is -3.32. The van der Waals surface area contributed by atoms with E-state index in [0.717, 1.165) is 21.4 Å². The van der Waals surface area contributed by atoms with Gasteiger partial charge >= 0.3 is 5.97 Å². The summed E-state index contributed by atoms with van der Waals surface area (Å²) in [5, 5.41) is 1.99. The van der Waals surface area contributed by atoms with Gasteiger partial charge in [-0.3, -0.25) is 19.3 Å². The first-order valence-electron chi connectivity index (χ1n) is 10.0. The van der Waals surface area contributed by atoms with Crippen molar-refractivity contribution >= 4 is 51.7 Å². The van der Waals surface area contributed by atoms with Gasteiger partial charge in [0.15, 0.2) is 6.61 Å². The molecule has 4 rings (SSSR count). The topological polar surface area (TPSA) is 66.9 Å². The second kappa shape index (κ2) is 9.22. The number of ether oxygens (including phenoxy) is 1. The van der Waals surface area contributed by atoms with Crippen LogP contribution in [0.25, 0.3) is 10.8 Å². The van der Waals surface area contributed by atoms with Crippen molar-refractivity contribution in [2.24, 2.45) is 0 Å². The molecule has 3 aromatic carbocycles. The van der Waals surface area contributed by atoms with Crippen LogP contribution < -0.4 is 9.80 Å². The van der Waals surface area contributed by atoms with Gasteiger partial charge in [0.2, 0.25) is 5.91 Å². The van der Waals surface area contributed by atoms with Gasteiger partial charge in [0.05, 0.1) is 17.1 Å². The van der Waals surface area contributed by atoms with E-state index in [-0.39, 0.29) is 30.7 Å². The predicted molar refractivity (Wildman–Crippen MR) is 122 cm³/mol. The standard InChI is InChI=1S/C24H22N2O4S/c1-2-25(19-12-7-9-17-8-3-4-10-18(17)19)22(27)15-30-24(29)14-26-20-11-5-6-13-21(20)31-16-23(26)28/h3-13H,2,14-16H2,1H3. The van der Waals surface area contributed by atoms with Gasteiger partial charge in [0.25, 0.3) is 5.91 Å². The zero-order valence-electron chi connectivity index (χ0n) is 17.1. The molecule has 0 fully saturated rings. The highest BCUT2D eigenvalue weighted by molar-refractivity contribution is 8.00. The fraction of sp³-hybridized carbons (Fsp3) is 0.208. The molecule has 0 aliphatic carbocycles. The van der Waals surface area contributed by atoms with Gasteiger partial charge in [-0.2, -0.15) is 0 Å². The Morgan fingerprint density at radius 1 is 1.03 bits per heavy atom. The molecule has 0 saturated carbocycles. The SMILES string of the molecule is CCN(C(=O)COC(=O)CN1C(=O)CSc2ccccc21)c1cccc2ccccc12. The zero-order valence-corrected chi connectivity index (χ0v) is 17.9. The van der Waals surface area contributed by atoms with E-state index in [2.05, 4.69) is 0 Å². The molecule has 1 aliphatic heterocycles. The first-order valence-corrected chi connectivity index (χ1v) is 11.0. The number of likely N-dealkylation sites (N-methyl/N-ethyl adjacent to an activating group) is 1. The van der Waals surface area contributed by atoms with Gasteiger partial charge in [0.1, 0.15) is 6.54 Å². The van der Waals surface area contributed by atoms with Gasteiger partial charge in [-0.25, -0.2) is 0 Å². The Bertz CT molecular complexity index is 1140. The summed E-state index contributed by atoms with van der Waals surface area (Å²) in [4.78, 5) is 41.6. The molecule has 0 atom stereocenters. The second-order valence-corrected chi connectivity index (χ2v) is 8.05. The Balaban J connectivity index is 1.43. The van der Waals surface area contributed by atoms with Crippen LogP contribution >= 0.6 is 11.8 Å². The molecule has 1 heterocycles. The zero-order chi connectivity index (χ0) is 21.8. The average Bonchev–Trinajstić information content (AvgIpc) is 2.80. The molecule has 0 spiro atoms. The number of para-hydroxylation sites is 1. The Morgan fingerprint density at radius 2 is 1.77 bits per heavy atom. The number of fused-ring (bicyclic) bond motifs is 2. The molecule has 158 valence electrons. The highest BCUT2D eigenvalue weighted by Crippen LogP contribution is 2.34. The van der Waals surface area contributed by atoms with E-state index in [1.807, 2.05) is 67.6 Å².